The molecule has 2 N–H and O–H groups in total. The summed E-state index contributed by atoms with van der Waals surface area (Å²) >= 11 is 6.02. The molecule has 1 aliphatic rings. The first-order valence-corrected chi connectivity index (χ1v) is 8.80. The zero-order valence-electron chi connectivity index (χ0n) is 11.6. The van der Waals surface area contributed by atoms with Gasteiger partial charge in [-0.3, -0.25) is 0 Å². The summed E-state index contributed by atoms with van der Waals surface area (Å²) in [4.78, 5) is 11.8. The predicted octanol–water partition coefficient (Wildman–Crippen LogP) is 2.05. The fourth-order valence-electron chi connectivity index (χ4n) is 2.11. The van der Waals surface area contributed by atoms with E-state index in [4.69, 9.17) is 16.3 Å². The molecule has 8 heteroatoms. The van der Waals surface area contributed by atoms with Gasteiger partial charge in [-0.2, -0.15) is 0 Å². The molecule has 2 amide bonds. The largest absolute Gasteiger partial charge is 0.492 e. The molecule has 1 heterocycles. The highest BCUT2D eigenvalue weighted by Gasteiger charge is 2.28. The average molecular weight is 333 g/mol. The average Bonchev–Trinajstić information content (AvgIpc) is 2.72. The highest BCUT2D eigenvalue weighted by atomic mass is 35.5. The van der Waals surface area contributed by atoms with E-state index < -0.39 is 15.9 Å². The van der Waals surface area contributed by atoms with Crippen molar-refractivity contribution in [3.8, 4) is 5.75 Å². The second-order valence-corrected chi connectivity index (χ2v) is 7.41. The van der Waals surface area contributed by atoms with Gasteiger partial charge in [0, 0.05) is 11.7 Å². The lowest BCUT2D eigenvalue weighted by Gasteiger charge is -2.13. The first-order valence-electron chi connectivity index (χ1n) is 6.60. The number of anilines is 1. The maximum atomic E-state index is 11.8. The number of ether oxygens (including phenoxy) is 1. The number of carbonyl (C=O) groups is 1. The molecular weight excluding hydrogens is 316 g/mol. The predicted molar refractivity (Wildman–Crippen MR) is 81.8 cm³/mol. The number of carbonyl (C=O) groups excluding carboxylic acids is 1. The third kappa shape index (κ3) is 4.50. The van der Waals surface area contributed by atoms with Gasteiger partial charge in [0.25, 0.3) is 0 Å². The maximum Gasteiger partial charge on any atom is 0.319 e. The fraction of sp³-hybridized carbons (Fsp3) is 0.462. The molecule has 0 aliphatic carbocycles. The fourth-order valence-corrected chi connectivity index (χ4v) is 4.02. The second-order valence-electron chi connectivity index (χ2n) is 4.78. The summed E-state index contributed by atoms with van der Waals surface area (Å²) in [7, 11) is -3.01. The van der Waals surface area contributed by atoms with Crippen LogP contribution in [0.2, 0.25) is 5.02 Å². The van der Waals surface area contributed by atoms with Gasteiger partial charge in [0.2, 0.25) is 0 Å². The monoisotopic (exact) mass is 332 g/mol. The molecule has 1 fully saturated rings. The Hall–Kier alpha value is -1.47. The maximum absolute atomic E-state index is 11.8. The number of sulfone groups is 1. The second kappa shape index (κ2) is 6.53. The first kappa shape index (κ1) is 15.9. The summed E-state index contributed by atoms with van der Waals surface area (Å²) in [6, 6.07) is 4.13. The highest BCUT2D eigenvalue weighted by molar-refractivity contribution is 7.91. The minimum absolute atomic E-state index is 0.00947. The van der Waals surface area contributed by atoms with E-state index in [9.17, 15) is 13.2 Å². The van der Waals surface area contributed by atoms with Crippen LogP contribution in [0.25, 0.3) is 0 Å². The molecule has 0 saturated carbocycles. The molecule has 1 atom stereocenters. The molecule has 21 heavy (non-hydrogen) atoms. The van der Waals surface area contributed by atoms with E-state index in [-0.39, 0.29) is 17.5 Å². The Kier molecular flexibility index (Phi) is 4.95. The molecule has 6 nitrogen and oxygen atoms in total. The number of benzene rings is 1. The Morgan fingerprint density at radius 1 is 1.48 bits per heavy atom. The molecular formula is C13H17ClN2O4S. The molecule has 1 saturated heterocycles. The third-order valence-corrected chi connectivity index (χ3v) is 5.12. The van der Waals surface area contributed by atoms with Crippen molar-refractivity contribution in [2.45, 2.75) is 19.4 Å². The zero-order chi connectivity index (χ0) is 15.5. The van der Waals surface area contributed by atoms with Crippen molar-refractivity contribution in [1.29, 1.82) is 0 Å². The number of urea groups is 1. The van der Waals surface area contributed by atoms with Gasteiger partial charge in [0.1, 0.15) is 5.75 Å². The third-order valence-electron chi connectivity index (χ3n) is 3.06. The van der Waals surface area contributed by atoms with Crippen LogP contribution in [0, 0.1) is 0 Å². The Morgan fingerprint density at radius 3 is 2.81 bits per heavy atom. The number of amides is 2. The normalized spacial score (nSPS) is 20.0. The van der Waals surface area contributed by atoms with Crippen molar-refractivity contribution in [2.75, 3.05) is 23.4 Å². The number of nitrogens with one attached hydrogen (secondary N) is 2. The number of hydrogen-bond donors (Lipinski definition) is 2. The SMILES string of the molecule is CCOc1ccc(NC(=O)NC2CCS(=O)(=O)C2)cc1Cl. The molecule has 2 rings (SSSR count). The van der Waals surface area contributed by atoms with Crippen molar-refractivity contribution in [1.82, 2.24) is 5.32 Å². The van der Waals surface area contributed by atoms with Crippen LogP contribution < -0.4 is 15.4 Å². The van der Waals surface area contributed by atoms with E-state index in [1.807, 2.05) is 6.92 Å². The standard InChI is InChI=1S/C13H17ClN2O4S/c1-2-20-12-4-3-9(7-11(12)14)15-13(17)16-10-5-6-21(18,19)8-10/h3-4,7,10H,2,5-6,8H2,1H3,(H2,15,16,17). The Bertz CT molecular complexity index is 633. The van der Waals surface area contributed by atoms with Gasteiger partial charge in [-0.1, -0.05) is 11.6 Å². The molecule has 1 unspecified atom stereocenters. The van der Waals surface area contributed by atoms with E-state index >= 15 is 0 Å². The minimum Gasteiger partial charge on any atom is -0.492 e. The lowest BCUT2D eigenvalue weighted by Crippen LogP contribution is -2.38. The summed E-state index contributed by atoms with van der Waals surface area (Å²) in [5.74, 6) is 0.657. The van der Waals surface area contributed by atoms with Gasteiger partial charge in [-0.05, 0) is 31.5 Å². The molecule has 1 aromatic carbocycles. The Labute approximate surface area is 128 Å². The molecule has 0 bridgehead atoms. The number of rotatable bonds is 4. The topological polar surface area (TPSA) is 84.5 Å². The van der Waals surface area contributed by atoms with Crippen LogP contribution in [0.3, 0.4) is 0 Å². The zero-order valence-corrected chi connectivity index (χ0v) is 13.1. The van der Waals surface area contributed by atoms with Gasteiger partial charge in [0.05, 0.1) is 23.1 Å². The molecule has 0 radical (unpaired) electrons. The van der Waals surface area contributed by atoms with Crippen molar-refractivity contribution in [2.24, 2.45) is 0 Å². The van der Waals surface area contributed by atoms with Crippen LogP contribution in [0.15, 0.2) is 18.2 Å². The van der Waals surface area contributed by atoms with Gasteiger partial charge in [-0.25, -0.2) is 13.2 Å². The van der Waals surface area contributed by atoms with Crippen molar-refractivity contribution in [3.05, 3.63) is 23.2 Å². The Morgan fingerprint density at radius 2 is 2.24 bits per heavy atom. The summed E-state index contributed by atoms with van der Waals surface area (Å²) in [6.07, 6.45) is 0.444. The smallest absolute Gasteiger partial charge is 0.319 e. The quantitative estimate of drug-likeness (QED) is 0.883. The van der Waals surface area contributed by atoms with E-state index in [0.29, 0.717) is 29.5 Å². The highest BCUT2D eigenvalue weighted by Crippen LogP contribution is 2.27. The van der Waals surface area contributed by atoms with Gasteiger partial charge in [-0.15, -0.1) is 0 Å². The van der Waals surface area contributed by atoms with Gasteiger partial charge in [0.15, 0.2) is 9.84 Å². The Balaban J connectivity index is 1.92. The van der Waals surface area contributed by atoms with Crippen LogP contribution in [-0.4, -0.2) is 38.6 Å². The lowest BCUT2D eigenvalue weighted by molar-refractivity contribution is 0.249. The summed E-state index contributed by atoms with van der Waals surface area (Å²) < 4.78 is 27.9. The number of hydrogen-bond acceptors (Lipinski definition) is 4. The van der Waals surface area contributed by atoms with Crippen LogP contribution in [-0.2, 0) is 9.84 Å². The van der Waals surface area contributed by atoms with Crippen LogP contribution in [0.4, 0.5) is 10.5 Å². The molecule has 1 aromatic rings. The van der Waals surface area contributed by atoms with E-state index in [1.54, 1.807) is 18.2 Å². The minimum atomic E-state index is -3.01. The van der Waals surface area contributed by atoms with E-state index in [1.165, 1.54) is 0 Å². The van der Waals surface area contributed by atoms with Crippen molar-refractivity contribution >= 4 is 33.2 Å². The first-order chi connectivity index (χ1) is 9.89. The van der Waals surface area contributed by atoms with Crippen LogP contribution >= 0.6 is 11.6 Å². The van der Waals surface area contributed by atoms with Crippen molar-refractivity contribution < 1.29 is 17.9 Å². The molecule has 0 aromatic heterocycles. The van der Waals surface area contributed by atoms with Gasteiger partial charge >= 0.3 is 6.03 Å². The molecule has 1 aliphatic heterocycles. The van der Waals surface area contributed by atoms with Gasteiger partial charge < -0.3 is 15.4 Å². The van der Waals surface area contributed by atoms with E-state index in [0.717, 1.165) is 0 Å². The van der Waals surface area contributed by atoms with E-state index in [2.05, 4.69) is 10.6 Å². The summed E-state index contributed by atoms with van der Waals surface area (Å²) in [6.45, 7) is 2.36. The molecule has 0 spiro atoms. The lowest BCUT2D eigenvalue weighted by atomic mass is 10.2. The number of halogens is 1. The van der Waals surface area contributed by atoms with Crippen LogP contribution in [0.5, 0.6) is 5.75 Å². The molecule has 116 valence electrons. The summed E-state index contributed by atoms with van der Waals surface area (Å²) in [5, 5.41) is 5.66. The summed E-state index contributed by atoms with van der Waals surface area (Å²) in [5.41, 5.74) is 0.516. The van der Waals surface area contributed by atoms with Crippen molar-refractivity contribution in [3.63, 3.8) is 0 Å². The van der Waals surface area contributed by atoms with Crippen LogP contribution in [0.1, 0.15) is 13.3 Å².